The van der Waals surface area contributed by atoms with E-state index < -0.39 is 0 Å². The maximum Gasteiger partial charge on any atom is 0.0994 e. The van der Waals surface area contributed by atoms with Gasteiger partial charge in [-0.2, -0.15) is 0 Å². The van der Waals surface area contributed by atoms with Crippen LogP contribution in [0.4, 0.5) is 0 Å². The van der Waals surface area contributed by atoms with Crippen molar-refractivity contribution in [3.05, 3.63) is 35.4 Å². The first-order valence-corrected chi connectivity index (χ1v) is 4.29. The molecule has 0 saturated heterocycles. The molecule has 2 aromatic heterocycles. The fourth-order valence-corrected chi connectivity index (χ4v) is 1.43. The smallest absolute Gasteiger partial charge is 0.0994 e. The maximum absolute atomic E-state index is 5.83. The Morgan fingerprint density at radius 2 is 2.33 bits per heavy atom. The molecule has 0 aliphatic heterocycles. The lowest BCUT2D eigenvalue weighted by Crippen LogP contribution is -1.90. The molecule has 0 bridgehead atoms. The highest BCUT2D eigenvalue weighted by Crippen LogP contribution is 2.14. The van der Waals surface area contributed by atoms with E-state index in [2.05, 4.69) is 11.9 Å². The van der Waals surface area contributed by atoms with Gasteiger partial charge in [0.15, 0.2) is 0 Å². The molecule has 0 radical (unpaired) electrons. The van der Waals surface area contributed by atoms with Crippen LogP contribution in [0.25, 0.3) is 5.52 Å². The van der Waals surface area contributed by atoms with Crippen LogP contribution in [0.15, 0.2) is 24.7 Å². The summed E-state index contributed by atoms with van der Waals surface area (Å²) in [6.07, 6.45) is 4.60. The van der Waals surface area contributed by atoms with Crippen molar-refractivity contribution in [3.63, 3.8) is 0 Å². The number of halogens is 1. The van der Waals surface area contributed by atoms with Gasteiger partial charge in [0.05, 0.1) is 11.3 Å². The summed E-state index contributed by atoms with van der Waals surface area (Å²) >= 11 is 5.83. The zero-order chi connectivity index (χ0) is 8.55. The molecule has 2 rings (SSSR count). The second kappa shape index (κ2) is 2.79. The molecule has 0 aromatic carbocycles. The first-order valence-electron chi connectivity index (χ1n) is 3.91. The number of hydrogen-bond acceptors (Lipinski definition) is 1. The van der Waals surface area contributed by atoms with Crippen molar-refractivity contribution in [2.45, 2.75) is 13.3 Å². The van der Waals surface area contributed by atoms with Gasteiger partial charge >= 0.3 is 0 Å². The number of aromatic nitrogens is 2. The molecule has 3 heteroatoms. The van der Waals surface area contributed by atoms with Crippen LogP contribution in [0.2, 0.25) is 5.02 Å². The third-order valence-corrected chi connectivity index (χ3v) is 2.08. The lowest BCUT2D eigenvalue weighted by molar-refractivity contribution is 0.982. The summed E-state index contributed by atoms with van der Waals surface area (Å²) in [6.45, 7) is 2.09. The standard InChI is InChI=1S/C9H9ClN2/c1-2-8-4-9-3-7(10)5-12(9)6-11-8/h3-6H,2H2,1H3. The van der Waals surface area contributed by atoms with Gasteiger partial charge < -0.3 is 4.40 Å². The lowest BCUT2D eigenvalue weighted by Gasteiger charge is -1.96. The number of aryl methyl sites for hydroxylation is 1. The molecule has 2 aromatic rings. The summed E-state index contributed by atoms with van der Waals surface area (Å²) in [4.78, 5) is 4.24. The van der Waals surface area contributed by atoms with Crippen LogP contribution in [0, 0.1) is 0 Å². The number of fused-ring (bicyclic) bond motifs is 1. The molecule has 0 atom stereocenters. The third kappa shape index (κ3) is 1.18. The van der Waals surface area contributed by atoms with E-state index in [0.29, 0.717) is 0 Å². The van der Waals surface area contributed by atoms with Crippen molar-refractivity contribution in [2.24, 2.45) is 0 Å². The molecule has 0 unspecified atom stereocenters. The Kier molecular flexibility index (Phi) is 1.77. The van der Waals surface area contributed by atoms with Gasteiger partial charge in [0, 0.05) is 17.4 Å². The lowest BCUT2D eigenvalue weighted by atomic mass is 10.3. The summed E-state index contributed by atoms with van der Waals surface area (Å²) in [5.41, 5.74) is 2.20. The van der Waals surface area contributed by atoms with E-state index in [1.165, 1.54) is 0 Å². The van der Waals surface area contributed by atoms with Gasteiger partial charge in [-0.15, -0.1) is 0 Å². The fraction of sp³-hybridized carbons (Fsp3) is 0.222. The van der Waals surface area contributed by atoms with Gasteiger partial charge in [0.1, 0.15) is 0 Å². The van der Waals surface area contributed by atoms with E-state index in [-0.39, 0.29) is 0 Å². The Labute approximate surface area is 75.8 Å². The molecule has 0 fully saturated rings. The first kappa shape index (κ1) is 7.62. The Morgan fingerprint density at radius 1 is 1.50 bits per heavy atom. The molecule has 0 saturated carbocycles. The van der Waals surface area contributed by atoms with Gasteiger partial charge in [-0.3, -0.25) is 0 Å². The van der Waals surface area contributed by atoms with Gasteiger partial charge in [0.25, 0.3) is 0 Å². The number of rotatable bonds is 1. The molecule has 0 spiro atoms. The van der Waals surface area contributed by atoms with Crippen molar-refractivity contribution < 1.29 is 0 Å². The van der Waals surface area contributed by atoms with E-state index >= 15 is 0 Å². The van der Waals surface area contributed by atoms with Crippen LogP contribution in [-0.2, 0) is 6.42 Å². The second-order valence-electron chi connectivity index (χ2n) is 2.72. The van der Waals surface area contributed by atoms with Crippen LogP contribution < -0.4 is 0 Å². The van der Waals surface area contributed by atoms with Crippen molar-refractivity contribution in [2.75, 3.05) is 0 Å². The molecule has 12 heavy (non-hydrogen) atoms. The van der Waals surface area contributed by atoms with Crippen molar-refractivity contribution in [3.8, 4) is 0 Å². The monoisotopic (exact) mass is 180 g/mol. The van der Waals surface area contributed by atoms with Crippen LogP contribution >= 0.6 is 11.6 Å². The highest BCUT2D eigenvalue weighted by Gasteiger charge is 1.97. The minimum absolute atomic E-state index is 0.755. The summed E-state index contributed by atoms with van der Waals surface area (Å²) in [5, 5.41) is 0.755. The van der Waals surface area contributed by atoms with E-state index in [4.69, 9.17) is 11.6 Å². The normalized spacial score (nSPS) is 10.8. The average Bonchev–Trinajstić information content (AvgIpc) is 2.43. The SMILES string of the molecule is CCc1cc2cc(Cl)cn2cn1. The minimum Gasteiger partial charge on any atom is -0.306 e. The quantitative estimate of drug-likeness (QED) is 0.660. The second-order valence-corrected chi connectivity index (χ2v) is 3.16. The maximum atomic E-state index is 5.83. The van der Waals surface area contributed by atoms with Gasteiger partial charge in [-0.05, 0) is 18.6 Å². The van der Waals surface area contributed by atoms with Gasteiger partial charge in [-0.25, -0.2) is 4.98 Å². The Hall–Kier alpha value is -1.02. The Bertz CT molecular complexity index is 406. The Balaban J connectivity index is 2.66. The summed E-state index contributed by atoms with van der Waals surface area (Å²) in [5.74, 6) is 0. The zero-order valence-electron chi connectivity index (χ0n) is 6.79. The first-order chi connectivity index (χ1) is 5.79. The van der Waals surface area contributed by atoms with Crippen LogP contribution in [0.5, 0.6) is 0 Å². The molecule has 62 valence electrons. The van der Waals surface area contributed by atoms with E-state index in [9.17, 15) is 0 Å². The molecule has 0 N–H and O–H groups in total. The largest absolute Gasteiger partial charge is 0.306 e. The van der Waals surface area contributed by atoms with Crippen molar-refractivity contribution >= 4 is 17.1 Å². The minimum atomic E-state index is 0.755. The van der Waals surface area contributed by atoms with Crippen molar-refractivity contribution in [1.82, 2.24) is 9.38 Å². The molecule has 0 amide bonds. The summed E-state index contributed by atoms with van der Waals surface area (Å²) in [6, 6.07) is 3.98. The number of hydrogen-bond donors (Lipinski definition) is 0. The fourth-order valence-electron chi connectivity index (χ4n) is 1.21. The highest BCUT2D eigenvalue weighted by atomic mass is 35.5. The zero-order valence-corrected chi connectivity index (χ0v) is 7.54. The molecule has 2 nitrogen and oxygen atoms in total. The topological polar surface area (TPSA) is 17.3 Å². The molecular weight excluding hydrogens is 172 g/mol. The predicted octanol–water partition coefficient (Wildman–Crippen LogP) is 2.55. The summed E-state index contributed by atoms with van der Waals surface area (Å²) in [7, 11) is 0. The molecule has 0 aliphatic rings. The molecular formula is C9H9ClN2. The average molecular weight is 181 g/mol. The van der Waals surface area contributed by atoms with E-state index in [1.54, 1.807) is 6.33 Å². The molecule has 0 aliphatic carbocycles. The highest BCUT2D eigenvalue weighted by molar-refractivity contribution is 6.31. The predicted molar refractivity (Wildman–Crippen MR) is 49.6 cm³/mol. The van der Waals surface area contributed by atoms with Gasteiger partial charge in [0.2, 0.25) is 0 Å². The van der Waals surface area contributed by atoms with Crippen LogP contribution in [-0.4, -0.2) is 9.38 Å². The van der Waals surface area contributed by atoms with E-state index in [0.717, 1.165) is 22.7 Å². The summed E-state index contributed by atoms with van der Waals surface area (Å²) < 4.78 is 1.92. The van der Waals surface area contributed by atoms with Crippen molar-refractivity contribution in [1.29, 1.82) is 0 Å². The number of nitrogens with zero attached hydrogens (tertiary/aromatic N) is 2. The third-order valence-electron chi connectivity index (χ3n) is 1.87. The Morgan fingerprint density at radius 3 is 3.08 bits per heavy atom. The molecule has 2 heterocycles. The van der Waals surface area contributed by atoms with Gasteiger partial charge in [-0.1, -0.05) is 18.5 Å². The van der Waals surface area contributed by atoms with Crippen LogP contribution in [0.1, 0.15) is 12.6 Å². The van der Waals surface area contributed by atoms with E-state index in [1.807, 2.05) is 22.7 Å². The van der Waals surface area contributed by atoms with Crippen LogP contribution in [0.3, 0.4) is 0 Å².